The van der Waals surface area contributed by atoms with Crippen molar-refractivity contribution in [2.45, 2.75) is 19.4 Å². The highest BCUT2D eigenvalue weighted by Gasteiger charge is 2.15. The monoisotopic (exact) mass is 264 g/mol. The van der Waals surface area contributed by atoms with E-state index >= 15 is 0 Å². The SMILES string of the molecule is CNc1cc(NCCC2CN(C)CCN2)nc(C)n1. The highest BCUT2D eigenvalue weighted by atomic mass is 15.2. The van der Waals surface area contributed by atoms with Gasteiger partial charge in [0.2, 0.25) is 0 Å². The molecule has 0 radical (unpaired) electrons. The summed E-state index contributed by atoms with van der Waals surface area (Å²) in [5, 5.41) is 9.96. The zero-order chi connectivity index (χ0) is 13.7. The molecule has 0 saturated carbocycles. The Morgan fingerprint density at radius 2 is 2.21 bits per heavy atom. The van der Waals surface area contributed by atoms with Gasteiger partial charge in [-0.2, -0.15) is 0 Å². The molecular weight excluding hydrogens is 240 g/mol. The Hall–Kier alpha value is -1.40. The quantitative estimate of drug-likeness (QED) is 0.721. The second kappa shape index (κ2) is 6.68. The Morgan fingerprint density at radius 3 is 2.95 bits per heavy atom. The predicted molar refractivity (Wildman–Crippen MR) is 78.7 cm³/mol. The van der Waals surface area contributed by atoms with Gasteiger partial charge in [-0.1, -0.05) is 0 Å². The molecule has 0 aliphatic carbocycles. The minimum Gasteiger partial charge on any atom is -0.373 e. The number of hydrogen-bond acceptors (Lipinski definition) is 6. The average Bonchev–Trinajstić information content (AvgIpc) is 2.38. The van der Waals surface area contributed by atoms with Gasteiger partial charge in [0.05, 0.1) is 0 Å². The molecule has 19 heavy (non-hydrogen) atoms. The van der Waals surface area contributed by atoms with Crippen molar-refractivity contribution < 1.29 is 0 Å². The Morgan fingerprint density at radius 1 is 1.42 bits per heavy atom. The van der Waals surface area contributed by atoms with Crippen LogP contribution in [0.3, 0.4) is 0 Å². The summed E-state index contributed by atoms with van der Waals surface area (Å²) in [7, 11) is 4.04. The van der Waals surface area contributed by atoms with E-state index in [2.05, 4.69) is 37.9 Å². The lowest BCUT2D eigenvalue weighted by Crippen LogP contribution is -2.49. The molecule has 2 heterocycles. The third kappa shape index (κ3) is 4.33. The van der Waals surface area contributed by atoms with Gasteiger partial charge in [0, 0.05) is 45.3 Å². The van der Waals surface area contributed by atoms with E-state index < -0.39 is 0 Å². The molecule has 2 rings (SSSR count). The molecule has 0 aromatic carbocycles. The molecule has 6 heteroatoms. The second-order valence-electron chi connectivity index (χ2n) is 5.06. The van der Waals surface area contributed by atoms with Crippen molar-refractivity contribution in [2.24, 2.45) is 0 Å². The third-order valence-corrected chi connectivity index (χ3v) is 3.35. The number of likely N-dealkylation sites (N-methyl/N-ethyl adjacent to an activating group) is 1. The van der Waals surface area contributed by atoms with Crippen molar-refractivity contribution in [2.75, 3.05) is 50.9 Å². The van der Waals surface area contributed by atoms with Crippen LogP contribution in [0, 0.1) is 6.92 Å². The molecule has 1 aromatic rings. The lowest BCUT2D eigenvalue weighted by Gasteiger charge is -2.30. The van der Waals surface area contributed by atoms with Crippen LogP contribution >= 0.6 is 0 Å². The van der Waals surface area contributed by atoms with Crippen molar-refractivity contribution in [3.8, 4) is 0 Å². The molecule has 0 bridgehead atoms. The molecule has 1 aromatic heterocycles. The minimum atomic E-state index is 0.568. The number of piperazine rings is 1. The Bertz CT molecular complexity index is 408. The van der Waals surface area contributed by atoms with Gasteiger partial charge in [-0.15, -0.1) is 0 Å². The van der Waals surface area contributed by atoms with E-state index in [1.807, 2.05) is 20.0 Å². The lowest BCUT2D eigenvalue weighted by molar-refractivity contribution is 0.234. The lowest BCUT2D eigenvalue weighted by atomic mass is 10.1. The molecule has 1 atom stereocenters. The Balaban J connectivity index is 1.80. The van der Waals surface area contributed by atoms with E-state index in [0.717, 1.165) is 50.1 Å². The summed E-state index contributed by atoms with van der Waals surface area (Å²) >= 11 is 0. The van der Waals surface area contributed by atoms with Crippen LogP contribution in [-0.4, -0.2) is 61.2 Å². The van der Waals surface area contributed by atoms with Crippen molar-refractivity contribution in [3.63, 3.8) is 0 Å². The maximum absolute atomic E-state index is 4.39. The predicted octanol–water partition coefficient (Wildman–Crippen LogP) is 0.532. The molecule has 1 aliphatic heterocycles. The van der Waals surface area contributed by atoms with Gasteiger partial charge >= 0.3 is 0 Å². The van der Waals surface area contributed by atoms with Crippen LogP contribution in [0.15, 0.2) is 6.07 Å². The second-order valence-corrected chi connectivity index (χ2v) is 5.06. The molecule has 106 valence electrons. The molecule has 0 spiro atoms. The number of anilines is 2. The fourth-order valence-electron chi connectivity index (χ4n) is 2.35. The largest absolute Gasteiger partial charge is 0.373 e. The maximum Gasteiger partial charge on any atom is 0.131 e. The van der Waals surface area contributed by atoms with Crippen LogP contribution < -0.4 is 16.0 Å². The average molecular weight is 264 g/mol. The highest BCUT2D eigenvalue weighted by Crippen LogP contribution is 2.10. The van der Waals surface area contributed by atoms with Crippen LogP contribution in [0.25, 0.3) is 0 Å². The Kier molecular flexibility index (Phi) is 4.93. The van der Waals surface area contributed by atoms with Gasteiger partial charge in [-0.05, 0) is 20.4 Å². The Labute approximate surface area is 115 Å². The van der Waals surface area contributed by atoms with Gasteiger partial charge in [0.25, 0.3) is 0 Å². The number of aromatic nitrogens is 2. The molecular formula is C13H24N6. The standard InChI is InChI=1S/C13H24N6/c1-10-17-12(14-2)8-13(18-10)16-5-4-11-9-19(3)7-6-15-11/h8,11,15H,4-7,9H2,1-3H3,(H2,14,16,17,18). The van der Waals surface area contributed by atoms with Gasteiger partial charge in [-0.3, -0.25) is 0 Å². The summed E-state index contributed by atoms with van der Waals surface area (Å²) in [5.41, 5.74) is 0. The smallest absolute Gasteiger partial charge is 0.131 e. The van der Waals surface area contributed by atoms with Crippen LogP contribution in [0.1, 0.15) is 12.2 Å². The summed E-state index contributed by atoms with van der Waals surface area (Å²) in [6.45, 7) is 6.17. The molecule has 1 aliphatic rings. The molecule has 1 fully saturated rings. The topological polar surface area (TPSA) is 65.1 Å². The summed E-state index contributed by atoms with van der Waals surface area (Å²) in [5.74, 6) is 2.52. The van der Waals surface area contributed by atoms with Gasteiger partial charge in [-0.25, -0.2) is 9.97 Å². The number of aryl methyl sites for hydroxylation is 1. The molecule has 1 unspecified atom stereocenters. The number of rotatable bonds is 5. The number of nitrogens with one attached hydrogen (secondary N) is 3. The number of hydrogen-bond donors (Lipinski definition) is 3. The fraction of sp³-hybridized carbons (Fsp3) is 0.692. The van der Waals surface area contributed by atoms with Gasteiger partial charge in [0.15, 0.2) is 0 Å². The summed E-state index contributed by atoms with van der Waals surface area (Å²) in [4.78, 5) is 11.0. The summed E-state index contributed by atoms with van der Waals surface area (Å²) < 4.78 is 0. The first-order valence-electron chi connectivity index (χ1n) is 6.86. The van der Waals surface area contributed by atoms with E-state index in [1.54, 1.807) is 0 Å². The molecule has 0 amide bonds. The van der Waals surface area contributed by atoms with Crippen molar-refractivity contribution >= 4 is 11.6 Å². The maximum atomic E-state index is 4.39. The third-order valence-electron chi connectivity index (χ3n) is 3.35. The molecule has 1 saturated heterocycles. The van der Waals surface area contributed by atoms with E-state index in [4.69, 9.17) is 0 Å². The van der Waals surface area contributed by atoms with Crippen LogP contribution in [0.4, 0.5) is 11.6 Å². The van der Waals surface area contributed by atoms with E-state index in [0.29, 0.717) is 6.04 Å². The van der Waals surface area contributed by atoms with Crippen molar-refractivity contribution in [1.29, 1.82) is 0 Å². The highest BCUT2D eigenvalue weighted by molar-refractivity contribution is 5.46. The van der Waals surface area contributed by atoms with E-state index in [-0.39, 0.29) is 0 Å². The zero-order valence-electron chi connectivity index (χ0n) is 12.0. The van der Waals surface area contributed by atoms with Crippen LogP contribution in [0.2, 0.25) is 0 Å². The zero-order valence-corrected chi connectivity index (χ0v) is 12.0. The van der Waals surface area contributed by atoms with E-state index in [1.165, 1.54) is 0 Å². The summed E-state index contributed by atoms with van der Waals surface area (Å²) in [6.07, 6.45) is 1.10. The number of nitrogens with zero attached hydrogens (tertiary/aromatic N) is 3. The minimum absolute atomic E-state index is 0.568. The molecule has 3 N–H and O–H groups in total. The van der Waals surface area contributed by atoms with Gasteiger partial charge in [0.1, 0.15) is 17.5 Å². The first-order chi connectivity index (χ1) is 9.17. The van der Waals surface area contributed by atoms with Crippen molar-refractivity contribution in [3.05, 3.63) is 11.9 Å². The normalized spacial score (nSPS) is 20.3. The molecule has 6 nitrogen and oxygen atoms in total. The summed E-state index contributed by atoms with van der Waals surface area (Å²) in [6, 6.07) is 2.51. The van der Waals surface area contributed by atoms with E-state index in [9.17, 15) is 0 Å². The van der Waals surface area contributed by atoms with Crippen molar-refractivity contribution in [1.82, 2.24) is 20.2 Å². The van der Waals surface area contributed by atoms with Gasteiger partial charge < -0.3 is 20.9 Å². The fourth-order valence-corrected chi connectivity index (χ4v) is 2.35. The first-order valence-corrected chi connectivity index (χ1v) is 6.86. The first kappa shape index (κ1) is 14.0. The van der Waals surface area contributed by atoms with Crippen LogP contribution in [0.5, 0.6) is 0 Å². The van der Waals surface area contributed by atoms with Crippen LogP contribution in [-0.2, 0) is 0 Å².